The Balaban J connectivity index is 2.31. The van der Waals surface area contributed by atoms with Gasteiger partial charge in [-0.05, 0) is 24.3 Å². The van der Waals surface area contributed by atoms with E-state index in [0.717, 1.165) is 16.3 Å². The van der Waals surface area contributed by atoms with Crippen molar-refractivity contribution in [1.82, 2.24) is 4.98 Å². The van der Waals surface area contributed by atoms with Gasteiger partial charge in [0.1, 0.15) is 15.6 Å². The molecule has 1 amide bonds. The number of nitrogens with zero attached hydrogens (tertiary/aromatic N) is 1. The predicted octanol–water partition coefficient (Wildman–Crippen LogP) is 1.92. The van der Waals surface area contributed by atoms with E-state index in [0.29, 0.717) is 4.88 Å². The van der Waals surface area contributed by atoms with Gasteiger partial charge in [0.05, 0.1) is 13.3 Å². The molecule has 16 heavy (non-hydrogen) atoms. The summed E-state index contributed by atoms with van der Waals surface area (Å²) in [6, 6.07) is 7.48. The third kappa shape index (κ3) is 2.04. The van der Waals surface area contributed by atoms with Gasteiger partial charge in [-0.1, -0.05) is 0 Å². The van der Waals surface area contributed by atoms with E-state index in [1.165, 1.54) is 17.5 Å². The van der Waals surface area contributed by atoms with Gasteiger partial charge in [0.25, 0.3) is 5.91 Å². The number of aromatic nitrogens is 1. The molecule has 0 bridgehead atoms. The number of thiazole rings is 1. The van der Waals surface area contributed by atoms with Gasteiger partial charge >= 0.3 is 0 Å². The van der Waals surface area contributed by atoms with E-state index in [4.69, 9.17) is 10.5 Å². The normalized spacial score (nSPS) is 10.1. The molecule has 0 aliphatic heterocycles. The van der Waals surface area contributed by atoms with Crippen LogP contribution in [0.2, 0.25) is 0 Å². The SMILES string of the molecule is COc1ccc(-c2ncc(C(N)=O)s2)cc1. The van der Waals surface area contributed by atoms with Crippen molar-refractivity contribution in [3.8, 4) is 16.3 Å². The molecule has 0 aliphatic carbocycles. The second kappa shape index (κ2) is 4.32. The summed E-state index contributed by atoms with van der Waals surface area (Å²) in [6.07, 6.45) is 1.49. The number of amides is 1. The molecule has 0 unspecified atom stereocenters. The van der Waals surface area contributed by atoms with Crippen LogP contribution in [-0.4, -0.2) is 18.0 Å². The minimum atomic E-state index is -0.447. The fourth-order valence-electron chi connectivity index (χ4n) is 1.26. The fraction of sp³-hybridized carbons (Fsp3) is 0.0909. The molecule has 0 saturated carbocycles. The summed E-state index contributed by atoms with van der Waals surface area (Å²) >= 11 is 1.28. The zero-order valence-corrected chi connectivity index (χ0v) is 9.45. The van der Waals surface area contributed by atoms with Crippen LogP contribution in [0, 0.1) is 0 Å². The van der Waals surface area contributed by atoms with Crippen molar-refractivity contribution in [2.45, 2.75) is 0 Å². The van der Waals surface area contributed by atoms with Crippen LogP contribution in [0.15, 0.2) is 30.5 Å². The quantitative estimate of drug-likeness (QED) is 0.882. The van der Waals surface area contributed by atoms with Gasteiger partial charge in [-0.2, -0.15) is 0 Å². The monoisotopic (exact) mass is 234 g/mol. The molecule has 0 saturated heterocycles. The number of hydrogen-bond donors (Lipinski definition) is 1. The summed E-state index contributed by atoms with van der Waals surface area (Å²) in [5, 5.41) is 0.774. The fourth-order valence-corrected chi connectivity index (χ4v) is 2.03. The first-order chi connectivity index (χ1) is 7.70. The maximum absolute atomic E-state index is 10.9. The third-order valence-electron chi connectivity index (χ3n) is 2.09. The van der Waals surface area contributed by atoms with Crippen LogP contribution in [0.4, 0.5) is 0 Å². The Bertz CT molecular complexity index is 505. The van der Waals surface area contributed by atoms with E-state index in [9.17, 15) is 4.79 Å². The van der Waals surface area contributed by atoms with Gasteiger partial charge in [-0.25, -0.2) is 4.98 Å². The lowest BCUT2D eigenvalue weighted by Gasteiger charge is -1.99. The minimum Gasteiger partial charge on any atom is -0.497 e. The molecular formula is C11H10N2O2S. The Morgan fingerprint density at radius 1 is 1.38 bits per heavy atom. The molecule has 0 radical (unpaired) electrons. The van der Waals surface area contributed by atoms with Gasteiger partial charge in [0, 0.05) is 5.56 Å². The highest BCUT2D eigenvalue weighted by molar-refractivity contribution is 7.16. The number of carbonyl (C=O) groups excluding carboxylic acids is 1. The van der Waals surface area contributed by atoms with Gasteiger partial charge in [-0.3, -0.25) is 4.79 Å². The zero-order valence-electron chi connectivity index (χ0n) is 8.64. The van der Waals surface area contributed by atoms with Crippen LogP contribution in [-0.2, 0) is 0 Å². The molecule has 2 aromatic rings. The number of nitrogens with two attached hydrogens (primary N) is 1. The molecule has 0 fully saturated rings. The second-order valence-corrected chi connectivity index (χ2v) is 4.15. The van der Waals surface area contributed by atoms with Crippen LogP contribution < -0.4 is 10.5 Å². The minimum absolute atomic E-state index is 0.447. The summed E-state index contributed by atoms with van der Waals surface area (Å²) in [7, 11) is 1.61. The van der Waals surface area contributed by atoms with Crippen molar-refractivity contribution in [2.24, 2.45) is 5.73 Å². The zero-order chi connectivity index (χ0) is 11.5. The van der Waals surface area contributed by atoms with Crippen LogP contribution in [0.3, 0.4) is 0 Å². The molecule has 2 N–H and O–H groups in total. The molecule has 4 nitrogen and oxygen atoms in total. The van der Waals surface area contributed by atoms with E-state index in [1.807, 2.05) is 24.3 Å². The molecule has 1 aromatic carbocycles. The van der Waals surface area contributed by atoms with Crippen molar-refractivity contribution in [3.63, 3.8) is 0 Å². The van der Waals surface area contributed by atoms with Crippen LogP contribution in [0.1, 0.15) is 9.67 Å². The van der Waals surface area contributed by atoms with Gasteiger partial charge in [0.2, 0.25) is 0 Å². The van der Waals surface area contributed by atoms with Crippen molar-refractivity contribution in [1.29, 1.82) is 0 Å². The largest absolute Gasteiger partial charge is 0.497 e. The van der Waals surface area contributed by atoms with Crippen molar-refractivity contribution in [3.05, 3.63) is 35.3 Å². The summed E-state index contributed by atoms with van der Waals surface area (Å²) in [5.74, 6) is 0.340. The van der Waals surface area contributed by atoms with E-state index >= 15 is 0 Å². The topological polar surface area (TPSA) is 65.2 Å². The predicted molar refractivity (Wildman–Crippen MR) is 62.6 cm³/mol. The number of rotatable bonds is 3. The van der Waals surface area contributed by atoms with Crippen LogP contribution in [0.5, 0.6) is 5.75 Å². The van der Waals surface area contributed by atoms with E-state index in [1.54, 1.807) is 7.11 Å². The number of primary amides is 1. The van der Waals surface area contributed by atoms with Gasteiger partial charge < -0.3 is 10.5 Å². The number of hydrogen-bond acceptors (Lipinski definition) is 4. The lowest BCUT2D eigenvalue weighted by molar-refractivity contribution is 0.100. The maximum Gasteiger partial charge on any atom is 0.260 e. The number of methoxy groups -OCH3 is 1. The van der Waals surface area contributed by atoms with Crippen LogP contribution >= 0.6 is 11.3 Å². The molecule has 1 heterocycles. The highest BCUT2D eigenvalue weighted by atomic mass is 32.1. The first-order valence-electron chi connectivity index (χ1n) is 4.61. The van der Waals surface area contributed by atoms with Crippen molar-refractivity contribution < 1.29 is 9.53 Å². The van der Waals surface area contributed by atoms with Gasteiger partial charge in [-0.15, -0.1) is 11.3 Å². The van der Waals surface area contributed by atoms with E-state index < -0.39 is 5.91 Å². The van der Waals surface area contributed by atoms with Crippen molar-refractivity contribution in [2.75, 3.05) is 7.11 Å². The molecule has 0 spiro atoms. The third-order valence-corrected chi connectivity index (χ3v) is 3.15. The Labute approximate surface area is 96.7 Å². The summed E-state index contributed by atoms with van der Waals surface area (Å²) in [6.45, 7) is 0. The standard InChI is InChI=1S/C11H10N2O2S/c1-15-8-4-2-7(3-5-8)11-13-6-9(16-11)10(12)14/h2-6H,1H3,(H2,12,14). The van der Waals surface area contributed by atoms with Gasteiger partial charge in [0.15, 0.2) is 0 Å². The number of ether oxygens (including phenoxy) is 1. The highest BCUT2D eigenvalue weighted by Gasteiger charge is 2.08. The second-order valence-electron chi connectivity index (χ2n) is 3.12. The summed E-state index contributed by atoms with van der Waals surface area (Å²) in [4.78, 5) is 15.5. The number of benzene rings is 1. The molecule has 2 rings (SSSR count). The molecular weight excluding hydrogens is 224 g/mol. The van der Waals surface area contributed by atoms with Crippen molar-refractivity contribution >= 4 is 17.2 Å². The highest BCUT2D eigenvalue weighted by Crippen LogP contribution is 2.26. The Morgan fingerprint density at radius 3 is 2.56 bits per heavy atom. The molecule has 1 aromatic heterocycles. The molecule has 0 aliphatic rings. The average molecular weight is 234 g/mol. The molecule has 0 atom stereocenters. The summed E-state index contributed by atoms with van der Waals surface area (Å²) in [5.41, 5.74) is 6.11. The maximum atomic E-state index is 10.9. The Kier molecular flexibility index (Phi) is 2.87. The summed E-state index contributed by atoms with van der Waals surface area (Å²) < 4.78 is 5.06. The van der Waals surface area contributed by atoms with Crippen LogP contribution in [0.25, 0.3) is 10.6 Å². The lowest BCUT2D eigenvalue weighted by atomic mass is 10.2. The first kappa shape index (κ1) is 10.6. The van der Waals surface area contributed by atoms with E-state index in [-0.39, 0.29) is 0 Å². The Morgan fingerprint density at radius 2 is 2.06 bits per heavy atom. The van der Waals surface area contributed by atoms with E-state index in [2.05, 4.69) is 4.98 Å². The lowest BCUT2D eigenvalue weighted by Crippen LogP contribution is -2.08. The molecule has 82 valence electrons. The smallest absolute Gasteiger partial charge is 0.260 e. The molecule has 5 heteroatoms. The number of carbonyl (C=O) groups is 1. The average Bonchev–Trinajstić information content (AvgIpc) is 2.78. The first-order valence-corrected chi connectivity index (χ1v) is 5.42. The Hall–Kier alpha value is -1.88.